The van der Waals surface area contributed by atoms with Crippen LogP contribution < -0.4 is 5.73 Å². The number of phenols is 1. The number of ketones is 2. The van der Waals surface area contributed by atoms with Gasteiger partial charge in [0.2, 0.25) is 5.78 Å². The zero-order valence-electron chi connectivity index (χ0n) is 20.3. The molecule has 0 unspecified atom stereocenters. The summed E-state index contributed by atoms with van der Waals surface area (Å²) >= 11 is 0. The third kappa shape index (κ3) is 3.31. The number of aliphatic hydroxyl groups excluding tert-OH is 2. The predicted octanol–water partition coefficient (Wildman–Crippen LogP) is 2.07. The van der Waals surface area contributed by atoms with Gasteiger partial charge in [0.25, 0.3) is 5.91 Å². The molecule has 38 heavy (non-hydrogen) atoms. The molecule has 2 aromatic rings. The first-order chi connectivity index (χ1) is 17.8. The molecule has 0 saturated carbocycles. The molecule has 0 radical (unpaired) electrons. The molecule has 0 aliphatic heterocycles. The van der Waals surface area contributed by atoms with E-state index in [0.717, 1.165) is 12.1 Å². The van der Waals surface area contributed by atoms with E-state index in [1.165, 1.54) is 31.1 Å². The fraction of sp³-hybridized carbons (Fsp3) is 0.296. The van der Waals surface area contributed by atoms with Crippen LogP contribution in [0.2, 0.25) is 0 Å². The van der Waals surface area contributed by atoms with Crippen LogP contribution in [0.25, 0.3) is 11.1 Å². The van der Waals surface area contributed by atoms with Crippen LogP contribution in [-0.4, -0.2) is 68.5 Å². The first-order valence-corrected chi connectivity index (χ1v) is 11.8. The van der Waals surface area contributed by atoms with Gasteiger partial charge in [0.05, 0.1) is 11.6 Å². The summed E-state index contributed by atoms with van der Waals surface area (Å²) < 4.78 is 28.3. The van der Waals surface area contributed by atoms with Crippen molar-refractivity contribution in [1.29, 1.82) is 0 Å². The number of Topliss-reactive ketones (excluding diaryl/α,β-unsaturated/α-hetero) is 2. The number of allylic oxidation sites excluding steroid dienone is 1. The number of aliphatic hydroxyl groups is 3. The number of hydrogen-bond donors (Lipinski definition) is 5. The van der Waals surface area contributed by atoms with Crippen molar-refractivity contribution >= 4 is 17.5 Å². The third-order valence-electron chi connectivity index (χ3n) is 7.83. The Bertz CT molecular complexity index is 1510. The summed E-state index contributed by atoms with van der Waals surface area (Å²) in [6.07, 6.45) is -0.123. The number of benzene rings is 2. The van der Waals surface area contributed by atoms with Crippen LogP contribution in [0.5, 0.6) is 5.75 Å². The molecule has 198 valence electrons. The van der Waals surface area contributed by atoms with Crippen molar-refractivity contribution in [2.45, 2.75) is 24.5 Å². The molecular weight excluding hydrogens is 502 g/mol. The molecule has 2 aromatic carbocycles. The van der Waals surface area contributed by atoms with E-state index in [1.54, 1.807) is 0 Å². The number of amides is 1. The maximum atomic E-state index is 14.7. The summed E-state index contributed by atoms with van der Waals surface area (Å²) in [6, 6.07) is 4.39. The summed E-state index contributed by atoms with van der Waals surface area (Å²) in [5, 5.41) is 44.3. The maximum absolute atomic E-state index is 14.7. The number of nitrogens with two attached hydrogens (primary N) is 1. The summed E-state index contributed by atoms with van der Waals surface area (Å²) in [5.74, 6) is -9.35. The van der Waals surface area contributed by atoms with Crippen molar-refractivity contribution in [1.82, 2.24) is 4.90 Å². The molecule has 3 aliphatic carbocycles. The zero-order chi connectivity index (χ0) is 27.8. The molecule has 0 spiro atoms. The van der Waals surface area contributed by atoms with Gasteiger partial charge in [0.1, 0.15) is 34.5 Å². The van der Waals surface area contributed by atoms with Crippen molar-refractivity contribution in [2.75, 3.05) is 14.1 Å². The van der Waals surface area contributed by atoms with Crippen molar-refractivity contribution < 1.29 is 43.6 Å². The standard InChI is InChI=1S/C27H24F2N2O7/c1-31(2)21-15-8-10-7-14-12(13-4-3-11(28)9-16(13)29)5-6-17(32)19(14)22(33)18(10)24(35)27(15,38)25(36)20(23(21)34)26(30)37/h3-6,9-10,15,21,32,34-35,38H,7-8H2,1-2H3,(H2,30,37)/t10-,15-,21+,27+/m1/s1. The molecule has 0 saturated heterocycles. The van der Waals surface area contributed by atoms with Gasteiger partial charge >= 0.3 is 0 Å². The number of carbonyl (C=O) groups is 3. The molecule has 9 nitrogen and oxygen atoms in total. The van der Waals surface area contributed by atoms with E-state index in [-0.39, 0.29) is 40.7 Å². The van der Waals surface area contributed by atoms with Gasteiger partial charge in [-0.15, -0.1) is 0 Å². The highest BCUT2D eigenvalue weighted by molar-refractivity contribution is 6.24. The number of hydrogen-bond acceptors (Lipinski definition) is 8. The van der Waals surface area contributed by atoms with Gasteiger partial charge < -0.3 is 26.2 Å². The zero-order valence-corrected chi connectivity index (χ0v) is 20.3. The van der Waals surface area contributed by atoms with Gasteiger partial charge in [-0.25, -0.2) is 8.78 Å². The molecule has 0 bridgehead atoms. The predicted molar refractivity (Wildman–Crippen MR) is 129 cm³/mol. The normalized spacial score (nSPS) is 26.8. The van der Waals surface area contributed by atoms with E-state index in [1.807, 2.05) is 0 Å². The third-order valence-corrected chi connectivity index (χ3v) is 7.83. The number of carbonyl (C=O) groups excluding carboxylic acids is 3. The molecule has 3 aliphatic rings. The summed E-state index contributed by atoms with van der Waals surface area (Å²) in [6.45, 7) is 0. The summed E-state index contributed by atoms with van der Waals surface area (Å²) in [7, 11) is 3.06. The fourth-order valence-corrected chi connectivity index (χ4v) is 6.21. The Morgan fingerprint density at radius 3 is 2.34 bits per heavy atom. The van der Waals surface area contributed by atoms with Crippen LogP contribution in [0.1, 0.15) is 22.3 Å². The number of aromatic hydroxyl groups is 1. The lowest BCUT2D eigenvalue weighted by atomic mass is 9.58. The highest BCUT2D eigenvalue weighted by Gasteiger charge is 2.63. The molecule has 11 heteroatoms. The number of likely N-dealkylation sites (N-methyl/N-ethyl adjacent to an activating group) is 1. The Morgan fingerprint density at radius 2 is 1.74 bits per heavy atom. The van der Waals surface area contributed by atoms with Crippen molar-refractivity contribution in [3.63, 3.8) is 0 Å². The highest BCUT2D eigenvalue weighted by Crippen LogP contribution is 2.53. The second-order valence-electron chi connectivity index (χ2n) is 10.1. The second kappa shape index (κ2) is 8.47. The fourth-order valence-electron chi connectivity index (χ4n) is 6.21. The second-order valence-corrected chi connectivity index (χ2v) is 10.1. The molecule has 5 rings (SSSR count). The van der Waals surface area contributed by atoms with Crippen molar-refractivity contribution in [3.8, 4) is 16.9 Å². The Kier molecular flexibility index (Phi) is 5.69. The molecule has 4 atom stereocenters. The SMILES string of the molecule is CN(C)[C@@H]1C(O)=C(C(N)=O)C(=O)[C@@]2(O)C(O)=C3C(=O)c4c(O)ccc(-c5ccc(F)cc5F)c4C[C@@H]3C[C@H]12. The molecule has 1 amide bonds. The maximum Gasteiger partial charge on any atom is 0.255 e. The van der Waals surface area contributed by atoms with Gasteiger partial charge in [0.15, 0.2) is 11.4 Å². The lowest BCUT2D eigenvalue weighted by Crippen LogP contribution is -2.63. The average molecular weight is 526 g/mol. The molecule has 6 N–H and O–H groups in total. The Hall–Kier alpha value is -4.09. The molecule has 0 aromatic heterocycles. The largest absolute Gasteiger partial charge is 0.510 e. The smallest absolute Gasteiger partial charge is 0.255 e. The Balaban J connectivity index is 1.73. The van der Waals surface area contributed by atoms with Gasteiger partial charge in [-0.1, -0.05) is 6.07 Å². The topological polar surface area (TPSA) is 161 Å². The number of halogens is 2. The van der Waals surface area contributed by atoms with Crippen LogP contribution in [-0.2, 0) is 16.0 Å². The minimum absolute atomic E-state index is 0.00916. The quantitative estimate of drug-likeness (QED) is 0.380. The number of phenolic OH excluding ortho intramolecular Hbond substituents is 1. The van der Waals surface area contributed by atoms with Gasteiger partial charge in [-0.3, -0.25) is 19.3 Å². The minimum Gasteiger partial charge on any atom is -0.510 e. The van der Waals surface area contributed by atoms with Gasteiger partial charge in [-0.2, -0.15) is 0 Å². The van der Waals surface area contributed by atoms with Crippen LogP contribution in [0.4, 0.5) is 8.78 Å². The Morgan fingerprint density at radius 1 is 1.08 bits per heavy atom. The highest BCUT2D eigenvalue weighted by atomic mass is 19.1. The molecule has 0 heterocycles. The van der Waals surface area contributed by atoms with Crippen LogP contribution in [0.15, 0.2) is 53.0 Å². The average Bonchev–Trinajstić information content (AvgIpc) is 2.81. The minimum atomic E-state index is -2.75. The van der Waals surface area contributed by atoms with E-state index in [0.29, 0.717) is 6.07 Å². The van der Waals surface area contributed by atoms with Crippen LogP contribution in [0, 0.1) is 23.5 Å². The number of nitrogens with zero attached hydrogens (tertiary/aromatic N) is 1. The van der Waals surface area contributed by atoms with Gasteiger partial charge in [-0.05, 0) is 62.2 Å². The van der Waals surface area contributed by atoms with E-state index in [2.05, 4.69) is 0 Å². The summed E-state index contributed by atoms with van der Waals surface area (Å²) in [5.41, 5.74) is 1.55. The van der Waals surface area contributed by atoms with E-state index in [4.69, 9.17) is 5.73 Å². The van der Waals surface area contributed by atoms with Crippen molar-refractivity contribution in [2.24, 2.45) is 17.6 Å². The van der Waals surface area contributed by atoms with Crippen LogP contribution >= 0.6 is 0 Å². The lowest BCUT2D eigenvalue weighted by molar-refractivity contribution is -0.148. The van der Waals surface area contributed by atoms with Crippen molar-refractivity contribution in [3.05, 3.63) is 75.8 Å². The summed E-state index contributed by atoms with van der Waals surface area (Å²) in [4.78, 5) is 40.5. The Labute approximate surface area is 215 Å². The number of primary amides is 1. The lowest BCUT2D eigenvalue weighted by Gasteiger charge is -2.50. The molecular formula is C27H24F2N2O7. The van der Waals surface area contributed by atoms with E-state index in [9.17, 15) is 43.6 Å². The first-order valence-electron chi connectivity index (χ1n) is 11.8. The van der Waals surface area contributed by atoms with E-state index >= 15 is 0 Å². The number of rotatable bonds is 3. The van der Waals surface area contributed by atoms with Crippen LogP contribution in [0.3, 0.4) is 0 Å². The monoisotopic (exact) mass is 526 g/mol. The number of fused-ring (bicyclic) bond motifs is 3. The van der Waals surface area contributed by atoms with E-state index < -0.39 is 75.4 Å². The first kappa shape index (κ1) is 25.6. The molecule has 0 fully saturated rings. The van der Waals surface area contributed by atoms with Gasteiger partial charge in [0, 0.05) is 23.1 Å².